The number of hydrogen-bond acceptors (Lipinski definition) is 7. The van der Waals surface area contributed by atoms with Crippen molar-refractivity contribution in [3.05, 3.63) is 182 Å². The van der Waals surface area contributed by atoms with Gasteiger partial charge in [0, 0.05) is 22.6 Å². The number of benzene rings is 6. The number of aromatic hydroxyl groups is 1. The van der Waals surface area contributed by atoms with Crippen molar-refractivity contribution in [2.45, 2.75) is 194 Å². The van der Waals surface area contributed by atoms with Gasteiger partial charge < -0.3 is 25.2 Å². The zero-order valence-corrected chi connectivity index (χ0v) is 51.0. The maximum absolute atomic E-state index is 13.0. The van der Waals surface area contributed by atoms with Crippen LogP contribution < -0.4 is 20.1 Å². The molecule has 0 heterocycles. The van der Waals surface area contributed by atoms with Crippen molar-refractivity contribution in [3.8, 4) is 11.5 Å². The van der Waals surface area contributed by atoms with Crippen LogP contribution in [-0.2, 0) is 71.3 Å². The fourth-order valence-corrected chi connectivity index (χ4v) is 11.2. The topological polar surface area (TPSA) is 151 Å². The van der Waals surface area contributed by atoms with Gasteiger partial charge >= 0.3 is 15.6 Å². The molecule has 3 aliphatic carbocycles. The van der Waals surface area contributed by atoms with Gasteiger partial charge in [-0.25, -0.2) is 0 Å². The molecule has 0 saturated heterocycles. The van der Waals surface area contributed by atoms with E-state index in [1.807, 2.05) is 75.4 Å². The van der Waals surface area contributed by atoms with E-state index >= 15 is 0 Å². The van der Waals surface area contributed by atoms with Crippen LogP contribution in [0.5, 0.6) is 11.5 Å². The summed E-state index contributed by atoms with van der Waals surface area (Å²) >= 11 is 0. The number of hydrogen-bond donors (Lipinski definition) is 4. The number of rotatable bonds is 9. The maximum atomic E-state index is 13.0. The SMILES string of the molecule is CC(C)(C)c1ccc(NC(=O)c2cc3c(cc2O)CCCCC3)cc1.CC(C)(C)c1ccc(NC(=O)c2cc3c(cc2OS(=O)(=O)C(F)(F)F)CCCCC3)cc1.CCc1cc2c(cc1C(=O)Nc1ccc(C(C)(C)C)cc1)CCCCC2. The van der Waals surface area contributed by atoms with E-state index in [0.717, 1.165) is 97.8 Å². The molecule has 0 spiro atoms. The van der Waals surface area contributed by atoms with Gasteiger partial charge in [0.15, 0.2) is 5.75 Å². The smallest absolute Gasteiger partial charge is 0.507 e. The fourth-order valence-electron chi connectivity index (χ4n) is 10.8. The summed E-state index contributed by atoms with van der Waals surface area (Å²) in [7, 11) is -5.92. The summed E-state index contributed by atoms with van der Waals surface area (Å²) in [6, 6.07) is 34.0. The van der Waals surface area contributed by atoms with Crippen LogP contribution in [0.15, 0.2) is 109 Å². The Bertz CT molecular complexity index is 3370. The molecule has 83 heavy (non-hydrogen) atoms. The van der Waals surface area contributed by atoms with Crippen LogP contribution in [-0.4, -0.2) is 36.8 Å². The molecular formula is C69H84F3N3O7S. The third kappa shape index (κ3) is 17.1. The number of halogens is 3. The van der Waals surface area contributed by atoms with Crippen LogP contribution in [0.4, 0.5) is 30.2 Å². The second kappa shape index (κ2) is 26.8. The first kappa shape index (κ1) is 63.6. The van der Waals surface area contributed by atoms with Gasteiger partial charge in [-0.1, -0.05) is 131 Å². The lowest BCUT2D eigenvalue weighted by Gasteiger charge is -2.19. The number of amides is 3. The predicted molar refractivity (Wildman–Crippen MR) is 329 cm³/mol. The summed E-state index contributed by atoms with van der Waals surface area (Å²) in [5, 5.41) is 18.9. The molecule has 6 aromatic rings. The number of nitrogens with one attached hydrogen (secondary N) is 3. The van der Waals surface area contributed by atoms with Gasteiger partial charge in [-0.3, -0.25) is 14.4 Å². The van der Waals surface area contributed by atoms with E-state index < -0.39 is 27.3 Å². The van der Waals surface area contributed by atoms with Crippen molar-refractivity contribution in [1.82, 2.24) is 0 Å². The Balaban J connectivity index is 0.000000181. The third-order valence-corrected chi connectivity index (χ3v) is 16.8. The maximum Gasteiger partial charge on any atom is 0.534 e. The second-order valence-electron chi connectivity index (χ2n) is 25.4. The van der Waals surface area contributed by atoms with E-state index in [9.17, 15) is 41.1 Å². The summed E-state index contributed by atoms with van der Waals surface area (Å²) in [5.41, 5.74) is 8.90. The molecule has 3 aliphatic rings. The van der Waals surface area contributed by atoms with Crippen molar-refractivity contribution in [1.29, 1.82) is 0 Å². The van der Waals surface area contributed by atoms with Crippen LogP contribution >= 0.6 is 0 Å². The van der Waals surface area contributed by atoms with Crippen LogP contribution in [0.1, 0.15) is 214 Å². The number of anilines is 3. The molecule has 0 unspecified atom stereocenters. The first-order chi connectivity index (χ1) is 39.0. The summed E-state index contributed by atoms with van der Waals surface area (Å²) in [5.74, 6) is -1.53. The van der Waals surface area contributed by atoms with E-state index in [1.165, 1.54) is 71.2 Å². The molecule has 0 bridgehead atoms. The van der Waals surface area contributed by atoms with Gasteiger partial charge in [0.2, 0.25) is 0 Å². The van der Waals surface area contributed by atoms with E-state index in [4.69, 9.17) is 0 Å². The van der Waals surface area contributed by atoms with E-state index in [2.05, 4.69) is 92.9 Å². The lowest BCUT2D eigenvalue weighted by molar-refractivity contribution is -0.0500. The summed E-state index contributed by atoms with van der Waals surface area (Å²) in [6.45, 7) is 21.3. The molecule has 0 aromatic heterocycles. The van der Waals surface area contributed by atoms with Gasteiger partial charge in [0.25, 0.3) is 17.7 Å². The zero-order valence-electron chi connectivity index (χ0n) is 50.1. The Morgan fingerprint density at radius 3 is 1.10 bits per heavy atom. The molecule has 0 radical (unpaired) electrons. The molecule has 0 fully saturated rings. The molecule has 0 aliphatic heterocycles. The van der Waals surface area contributed by atoms with Gasteiger partial charge in [-0.2, -0.15) is 21.6 Å². The van der Waals surface area contributed by atoms with Gasteiger partial charge in [0.1, 0.15) is 5.75 Å². The molecule has 0 atom stereocenters. The molecule has 10 nitrogen and oxygen atoms in total. The number of phenols is 1. The molecule has 0 saturated carbocycles. The lowest BCUT2D eigenvalue weighted by atomic mass is 9.87. The zero-order chi connectivity index (χ0) is 60.5. The number of alkyl halides is 3. The third-order valence-electron chi connectivity index (χ3n) is 15.8. The van der Waals surface area contributed by atoms with Gasteiger partial charge in [-0.05, 0) is 222 Å². The van der Waals surface area contributed by atoms with Crippen LogP contribution in [0.3, 0.4) is 0 Å². The number of fused-ring (bicyclic) bond motifs is 3. The van der Waals surface area contributed by atoms with Crippen molar-refractivity contribution < 1.29 is 45.3 Å². The Labute approximate surface area is 490 Å². The van der Waals surface area contributed by atoms with Gasteiger partial charge in [-0.15, -0.1) is 0 Å². The van der Waals surface area contributed by atoms with Crippen LogP contribution in [0, 0.1) is 0 Å². The van der Waals surface area contributed by atoms with E-state index in [-0.39, 0.29) is 39.4 Å². The molecular weight excluding hydrogens is 1070 g/mol. The number of carbonyl (C=O) groups excluding carboxylic acids is 3. The normalized spacial score (nSPS) is 14.7. The minimum absolute atomic E-state index is 0.0115. The highest BCUT2D eigenvalue weighted by molar-refractivity contribution is 7.88. The summed E-state index contributed by atoms with van der Waals surface area (Å²) < 4.78 is 66.5. The van der Waals surface area contributed by atoms with Crippen LogP contribution in [0.25, 0.3) is 0 Å². The van der Waals surface area contributed by atoms with Crippen molar-refractivity contribution in [2.24, 2.45) is 0 Å². The average Bonchev–Trinajstić information content (AvgIpc) is 3.92. The van der Waals surface area contributed by atoms with E-state index in [1.54, 1.807) is 18.2 Å². The first-order valence-corrected chi connectivity index (χ1v) is 30.8. The minimum atomic E-state index is -5.92. The number of aryl methyl sites for hydroxylation is 7. The van der Waals surface area contributed by atoms with Crippen molar-refractivity contribution >= 4 is 44.9 Å². The Kier molecular flexibility index (Phi) is 20.5. The highest BCUT2D eigenvalue weighted by atomic mass is 32.2. The second-order valence-corrected chi connectivity index (χ2v) is 26.9. The standard InChI is InChI=1S/C24H31NO.C23H26F3NO4S.C22H27NO2/c1-5-17-15-18-9-7-6-8-10-19(18)16-22(17)23(26)25-21-13-11-20(12-14-21)24(2,3)4;1-22(2,3)17-9-11-18(12-10-17)27-21(28)19-13-15-7-5-4-6-8-16(15)14-20(19)31-32(29,30)23(24,25)26;1-22(2,3)17-9-11-18(12-10-17)23-21(25)19-13-15-7-5-4-6-8-16(15)14-20(19)24/h11-16H,5-10H2,1-4H3,(H,25,26);9-14H,4-8H2,1-3H3,(H,27,28);9-14,24H,4-8H2,1-3H3,(H,23,25). The van der Waals surface area contributed by atoms with E-state index in [0.29, 0.717) is 29.7 Å². The average molecular weight is 1160 g/mol. The highest BCUT2D eigenvalue weighted by Crippen LogP contribution is 2.36. The van der Waals surface area contributed by atoms with Crippen molar-refractivity contribution in [2.75, 3.05) is 16.0 Å². The fraction of sp³-hybridized carbons (Fsp3) is 0.435. The number of phenolic OH excluding ortho intramolecular Hbond substituents is 1. The largest absolute Gasteiger partial charge is 0.534 e. The summed E-state index contributed by atoms with van der Waals surface area (Å²) in [4.78, 5) is 38.5. The van der Waals surface area contributed by atoms with Gasteiger partial charge in [0.05, 0.1) is 11.1 Å². The Morgan fingerprint density at radius 2 is 0.747 bits per heavy atom. The Morgan fingerprint density at radius 1 is 0.446 bits per heavy atom. The molecule has 9 rings (SSSR count). The summed E-state index contributed by atoms with van der Waals surface area (Å²) in [6.07, 6.45) is 16.3. The quantitative estimate of drug-likeness (QED) is 0.0639. The monoisotopic (exact) mass is 1160 g/mol. The Hall–Kier alpha value is -6.93. The van der Waals surface area contributed by atoms with Crippen molar-refractivity contribution in [3.63, 3.8) is 0 Å². The highest BCUT2D eigenvalue weighted by Gasteiger charge is 2.49. The van der Waals surface area contributed by atoms with Crippen LogP contribution in [0.2, 0.25) is 0 Å². The molecule has 444 valence electrons. The molecule has 14 heteroatoms. The lowest BCUT2D eigenvalue weighted by Crippen LogP contribution is -2.29. The molecule has 4 N–H and O–H groups in total. The minimum Gasteiger partial charge on any atom is -0.507 e. The predicted octanol–water partition coefficient (Wildman–Crippen LogP) is 17.0. The molecule has 6 aromatic carbocycles. The number of carbonyl (C=O) groups is 3. The molecule has 3 amide bonds. The first-order valence-electron chi connectivity index (χ1n) is 29.4.